The fourth-order valence-corrected chi connectivity index (χ4v) is 4.21. The monoisotopic (exact) mass is 431 g/mol. The Morgan fingerprint density at radius 1 is 1.32 bits per heavy atom. The molecular formula is C22H30FN5O3. The van der Waals surface area contributed by atoms with E-state index in [2.05, 4.69) is 20.6 Å². The highest BCUT2D eigenvalue weighted by atomic mass is 19.1. The third-order valence-electron chi connectivity index (χ3n) is 5.87. The van der Waals surface area contributed by atoms with Gasteiger partial charge < -0.3 is 10.0 Å². The lowest BCUT2D eigenvalue weighted by molar-refractivity contribution is -0.143. The second-order valence-electron chi connectivity index (χ2n) is 8.67. The number of carbonyl (C=O) groups is 2. The number of carboxylic acids is 1. The first-order chi connectivity index (χ1) is 14.8. The van der Waals surface area contributed by atoms with Gasteiger partial charge in [-0.25, -0.2) is 4.39 Å². The summed E-state index contributed by atoms with van der Waals surface area (Å²) in [5.41, 5.74) is 1.23. The predicted octanol–water partition coefficient (Wildman–Crippen LogP) is 2.97. The fourth-order valence-electron chi connectivity index (χ4n) is 4.21. The van der Waals surface area contributed by atoms with Crippen molar-refractivity contribution in [2.24, 2.45) is 11.8 Å². The lowest BCUT2D eigenvalue weighted by Crippen LogP contribution is -2.36. The number of nitrogens with zero attached hydrogens (tertiary/aromatic N) is 4. The quantitative estimate of drug-likeness (QED) is 0.598. The van der Waals surface area contributed by atoms with Crippen LogP contribution < -0.4 is 0 Å². The summed E-state index contributed by atoms with van der Waals surface area (Å²) in [5, 5.41) is 23.8. The molecule has 1 aromatic heterocycles. The molecule has 0 bridgehead atoms. The van der Waals surface area contributed by atoms with Gasteiger partial charge in [0, 0.05) is 25.4 Å². The van der Waals surface area contributed by atoms with E-state index < -0.39 is 17.8 Å². The van der Waals surface area contributed by atoms with Crippen molar-refractivity contribution in [3.63, 3.8) is 0 Å². The third kappa shape index (κ3) is 6.08. The molecular weight excluding hydrogens is 401 g/mol. The maximum Gasteiger partial charge on any atom is 0.307 e. The van der Waals surface area contributed by atoms with Gasteiger partial charge in [0.1, 0.15) is 5.82 Å². The maximum absolute atomic E-state index is 14.8. The number of piperidine rings is 1. The van der Waals surface area contributed by atoms with Gasteiger partial charge in [0.15, 0.2) is 5.82 Å². The molecule has 1 saturated heterocycles. The third-order valence-corrected chi connectivity index (χ3v) is 5.87. The highest BCUT2D eigenvalue weighted by molar-refractivity contribution is 5.76. The number of H-pyrrole nitrogens is 1. The zero-order valence-electron chi connectivity index (χ0n) is 18.1. The summed E-state index contributed by atoms with van der Waals surface area (Å²) in [6.45, 7) is 5.17. The molecule has 2 aromatic rings. The molecule has 1 amide bonds. The highest BCUT2D eigenvalue weighted by Crippen LogP contribution is 2.31. The second kappa shape index (κ2) is 10.5. The van der Waals surface area contributed by atoms with Crippen LogP contribution in [-0.2, 0) is 22.4 Å². The average Bonchev–Trinajstić information content (AvgIpc) is 3.25. The number of nitrogens with one attached hydrogen (secondary N) is 1. The highest BCUT2D eigenvalue weighted by Gasteiger charge is 2.33. The largest absolute Gasteiger partial charge is 0.481 e. The van der Waals surface area contributed by atoms with E-state index in [0.29, 0.717) is 49.2 Å². The van der Waals surface area contributed by atoms with Gasteiger partial charge >= 0.3 is 5.97 Å². The summed E-state index contributed by atoms with van der Waals surface area (Å²) in [5.74, 6) is -1.86. The van der Waals surface area contributed by atoms with Crippen LogP contribution in [0, 0.1) is 17.7 Å². The number of aromatic amines is 1. The van der Waals surface area contributed by atoms with Gasteiger partial charge in [-0.15, -0.1) is 10.2 Å². The minimum absolute atomic E-state index is 0.135. The smallest absolute Gasteiger partial charge is 0.307 e. The zero-order chi connectivity index (χ0) is 22.4. The van der Waals surface area contributed by atoms with Crippen LogP contribution in [0.5, 0.6) is 0 Å². The molecule has 3 rings (SSSR count). The Kier molecular flexibility index (Phi) is 7.70. The van der Waals surface area contributed by atoms with E-state index >= 15 is 0 Å². The van der Waals surface area contributed by atoms with Crippen LogP contribution in [-0.4, -0.2) is 55.6 Å². The van der Waals surface area contributed by atoms with E-state index in [9.17, 15) is 19.1 Å². The van der Waals surface area contributed by atoms with Crippen molar-refractivity contribution in [1.82, 2.24) is 25.5 Å². The van der Waals surface area contributed by atoms with Gasteiger partial charge in [0.25, 0.3) is 0 Å². The molecule has 2 unspecified atom stereocenters. The van der Waals surface area contributed by atoms with Crippen LogP contribution >= 0.6 is 0 Å². The minimum atomic E-state index is -0.924. The predicted molar refractivity (Wildman–Crippen MR) is 112 cm³/mol. The Labute approximate surface area is 181 Å². The number of likely N-dealkylation sites (tertiary alicyclic amines) is 1. The van der Waals surface area contributed by atoms with Crippen molar-refractivity contribution in [2.75, 3.05) is 13.1 Å². The number of amides is 1. The van der Waals surface area contributed by atoms with E-state index in [1.54, 1.807) is 11.0 Å². The number of tetrazole rings is 1. The number of rotatable bonds is 10. The number of hydrogen-bond donors (Lipinski definition) is 2. The van der Waals surface area contributed by atoms with Gasteiger partial charge in [-0.2, -0.15) is 5.21 Å². The van der Waals surface area contributed by atoms with Crippen LogP contribution in [0.15, 0.2) is 18.2 Å². The first-order valence-electron chi connectivity index (χ1n) is 10.9. The molecule has 1 fully saturated rings. The summed E-state index contributed by atoms with van der Waals surface area (Å²) in [7, 11) is 0. The molecule has 168 valence electrons. The van der Waals surface area contributed by atoms with Crippen molar-refractivity contribution in [2.45, 2.75) is 58.3 Å². The molecule has 31 heavy (non-hydrogen) atoms. The fraction of sp³-hybridized carbons (Fsp3) is 0.591. The molecule has 2 atom stereocenters. The Hall–Kier alpha value is -2.84. The van der Waals surface area contributed by atoms with Crippen molar-refractivity contribution in [1.29, 1.82) is 0 Å². The minimum Gasteiger partial charge on any atom is -0.481 e. The number of benzene rings is 1. The molecule has 0 aliphatic carbocycles. The molecule has 1 aliphatic heterocycles. The van der Waals surface area contributed by atoms with Gasteiger partial charge in [0.05, 0.1) is 5.92 Å². The van der Waals surface area contributed by atoms with Crippen molar-refractivity contribution in [3.05, 3.63) is 41.0 Å². The number of hydrogen-bond acceptors (Lipinski definition) is 5. The number of halogens is 1. The SMILES string of the molecule is CC(C)CC(C(=O)O)C(Cc1ccc(CCN2CCCCC2=O)c(F)c1)c1nn[nH]n1. The van der Waals surface area contributed by atoms with Crippen LogP contribution in [0.2, 0.25) is 0 Å². The van der Waals surface area contributed by atoms with Crippen LogP contribution in [0.1, 0.15) is 62.4 Å². The van der Waals surface area contributed by atoms with Crippen LogP contribution in [0.4, 0.5) is 4.39 Å². The van der Waals surface area contributed by atoms with Gasteiger partial charge in [-0.05, 0) is 55.2 Å². The first-order valence-corrected chi connectivity index (χ1v) is 10.9. The van der Waals surface area contributed by atoms with Crippen molar-refractivity contribution < 1.29 is 19.1 Å². The summed E-state index contributed by atoms with van der Waals surface area (Å²) in [6.07, 6.45) is 3.70. The summed E-state index contributed by atoms with van der Waals surface area (Å²) >= 11 is 0. The number of carbonyl (C=O) groups excluding carboxylic acids is 1. The molecule has 0 saturated carbocycles. The molecule has 8 nitrogen and oxygen atoms in total. The van der Waals surface area contributed by atoms with E-state index in [1.807, 2.05) is 19.9 Å². The lowest BCUT2D eigenvalue weighted by Gasteiger charge is -2.26. The molecule has 2 N–H and O–H groups in total. The summed E-state index contributed by atoms with van der Waals surface area (Å²) in [4.78, 5) is 25.7. The van der Waals surface area contributed by atoms with E-state index in [4.69, 9.17) is 0 Å². The van der Waals surface area contributed by atoms with Gasteiger partial charge in [0.2, 0.25) is 5.91 Å². The second-order valence-corrected chi connectivity index (χ2v) is 8.67. The van der Waals surface area contributed by atoms with E-state index in [1.165, 1.54) is 6.07 Å². The number of aromatic nitrogens is 4. The van der Waals surface area contributed by atoms with E-state index in [-0.39, 0.29) is 17.6 Å². The van der Waals surface area contributed by atoms with Crippen LogP contribution in [0.3, 0.4) is 0 Å². The van der Waals surface area contributed by atoms with Gasteiger partial charge in [-0.1, -0.05) is 31.2 Å². The Balaban J connectivity index is 1.73. The van der Waals surface area contributed by atoms with Crippen molar-refractivity contribution in [3.8, 4) is 0 Å². The maximum atomic E-state index is 14.8. The Morgan fingerprint density at radius 3 is 2.74 bits per heavy atom. The average molecular weight is 432 g/mol. The standard InChI is InChI=1S/C22H30FN5O3/c1-14(2)11-18(22(30)31)17(21-24-26-27-25-21)12-15-6-7-16(19(23)13-15)8-10-28-9-4-3-5-20(28)29/h6-7,13-14,17-18H,3-5,8-12H2,1-2H3,(H,30,31)(H,24,25,26,27). The van der Waals surface area contributed by atoms with Crippen molar-refractivity contribution >= 4 is 11.9 Å². The molecule has 1 aliphatic rings. The lowest BCUT2D eigenvalue weighted by atomic mass is 9.81. The molecule has 1 aromatic carbocycles. The van der Waals surface area contributed by atoms with Crippen LogP contribution in [0.25, 0.3) is 0 Å². The van der Waals surface area contributed by atoms with E-state index in [0.717, 1.165) is 19.4 Å². The first kappa shape index (κ1) is 22.8. The Bertz CT molecular complexity index is 887. The zero-order valence-corrected chi connectivity index (χ0v) is 18.1. The topological polar surface area (TPSA) is 112 Å². The summed E-state index contributed by atoms with van der Waals surface area (Å²) in [6, 6.07) is 5.00. The number of carboxylic acid groups (broad SMARTS) is 1. The number of aliphatic carboxylic acids is 1. The summed E-state index contributed by atoms with van der Waals surface area (Å²) < 4.78 is 14.8. The molecule has 0 radical (unpaired) electrons. The molecule has 9 heteroatoms. The van der Waals surface area contributed by atoms with Gasteiger partial charge in [-0.3, -0.25) is 9.59 Å². The normalized spacial score (nSPS) is 16.5. The molecule has 2 heterocycles. The Morgan fingerprint density at radius 2 is 2.13 bits per heavy atom. The molecule has 0 spiro atoms.